The molecule has 152 valence electrons. The molecule has 8 heteroatoms. The van der Waals surface area contributed by atoms with E-state index < -0.39 is 5.97 Å². The highest BCUT2D eigenvalue weighted by Crippen LogP contribution is 2.35. The number of halogens is 1. The molecule has 1 aromatic carbocycles. The standard InChI is InChI=1S/C20H26ClN3O4/c1-13-5-3-4-8-24(13)17-7-6-14(21)11-16(17)22-18-15(20(27)28-2)12-23(9-10-25)19(18)26/h6-7,11,13,22,25H,3-5,8-10,12H2,1-2H3. The number of hydrogen-bond donors (Lipinski definition) is 2. The number of methoxy groups -OCH3 is 1. The lowest BCUT2D eigenvalue weighted by molar-refractivity contribution is -0.136. The first-order valence-electron chi connectivity index (χ1n) is 9.51. The summed E-state index contributed by atoms with van der Waals surface area (Å²) in [5, 5.41) is 12.9. The normalized spacial score (nSPS) is 20.0. The van der Waals surface area contributed by atoms with Gasteiger partial charge in [0.25, 0.3) is 5.91 Å². The topological polar surface area (TPSA) is 82.1 Å². The Kier molecular flexibility index (Phi) is 6.46. The van der Waals surface area contributed by atoms with Crippen LogP contribution in [-0.2, 0) is 14.3 Å². The molecule has 1 unspecified atom stereocenters. The van der Waals surface area contributed by atoms with E-state index in [-0.39, 0.29) is 36.9 Å². The van der Waals surface area contributed by atoms with E-state index in [1.807, 2.05) is 12.1 Å². The number of aliphatic hydroxyl groups is 1. The average Bonchev–Trinajstić information content (AvgIpc) is 2.98. The van der Waals surface area contributed by atoms with Crippen LogP contribution in [0, 0.1) is 0 Å². The molecule has 2 aliphatic rings. The fourth-order valence-corrected chi connectivity index (χ4v) is 3.97. The van der Waals surface area contributed by atoms with E-state index >= 15 is 0 Å². The fraction of sp³-hybridized carbons (Fsp3) is 0.500. The molecule has 28 heavy (non-hydrogen) atoms. The van der Waals surface area contributed by atoms with Crippen LogP contribution >= 0.6 is 11.6 Å². The van der Waals surface area contributed by atoms with Gasteiger partial charge in [-0.1, -0.05) is 11.6 Å². The molecule has 0 aromatic heterocycles. The van der Waals surface area contributed by atoms with Gasteiger partial charge in [0.1, 0.15) is 5.70 Å². The smallest absolute Gasteiger partial charge is 0.337 e. The van der Waals surface area contributed by atoms with Gasteiger partial charge in [-0.05, 0) is 44.4 Å². The fourth-order valence-electron chi connectivity index (χ4n) is 3.80. The molecule has 1 fully saturated rings. The second kappa shape index (κ2) is 8.84. The molecule has 2 aliphatic heterocycles. The minimum atomic E-state index is -0.564. The van der Waals surface area contributed by atoms with Crippen LogP contribution in [0.15, 0.2) is 29.5 Å². The predicted octanol–water partition coefficient (Wildman–Crippen LogP) is 2.39. The van der Waals surface area contributed by atoms with Crippen molar-refractivity contribution < 1.29 is 19.4 Å². The first-order chi connectivity index (χ1) is 13.5. The van der Waals surface area contributed by atoms with Crippen molar-refractivity contribution in [2.75, 3.05) is 43.6 Å². The van der Waals surface area contributed by atoms with Gasteiger partial charge in [0.05, 0.1) is 37.2 Å². The van der Waals surface area contributed by atoms with Crippen LogP contribution < -0.4 is 10.2 Å². The summed E-state index contributed by atoms with van der Waals surface area (Å²) < 4.78 is 4.85. The van der Waals surface area contributed by atoms with Crippen LogP contribution in [-0.4, -0.2) is 61.3 Å². The van der Waals surface area contributed by atoms with Crippen molar-refractivity contribution in [2.45, 2.75) is 32.2 Å². The van der Waals surface area contributed by atoms with Gasteiger partial charge in [0, 0.05) is 24.2 Å². The van der Waals surface area contributed by atoms with Crippen molar-refractivity contribution in [1.29, 1.82) is 0 Å². The predicted molar refractivity (Wildman–Crippen MR) is 108 cm³/mol. The number of carbonyl (C=O) groups excluding carboxylic acids is 2. The number of esters is 1. The number of hydrogen-bond acceptors (Lipinski definition) is 6. The number of carbonyl (C=O) groups is 2. The molecule has 0 saturated carbocycles. The molecule has 1 aromatic rings. The summed E-state index contributed by atoms with van der Waals surface area (Å²) in [7, 11) is 1.28. The van der Waals surface area contributed by atoms with E-state index in [1.165, 1.54) is 18.4 Å². The van der Waals surface area contributed by atoms with Gasteiger partial charge in [-0.25, -0.2) is 4.79 Å². The Hall–Kier alpha value is -2.25. The molecular formula is C20H26ClN3O4. The zero-order valence-electron chi connectivity index (χ0n) is 16.2. The minimum absolute atomic E-state index is 0.102. The number of ether oxygens (including phenoxy) is 1. The van der Waals surface area contributed by atoms with Gasteiger partial charge < -0.3 is 25.0 Å². The number of piperidine rings is 1. The second-order valence-corrected chi connectivity index (χ2v) is 7.56. The van der Waals surface area contributed by atoms with Crippen LogP contribution in [0.3, 0.4) is 0 Å². The zero-order valence-corrected chi connectivity index (χ0v) is 17.0. The number of aliphatic hydroxyl groups excluding tert-OH is 1. The quantitative estimate of drug-likeness (QED) is 0.705. The molecule has 2 heterocycles. The summed E-state index contributed by atoms with van der Waals surface area (Å²) in [6.07, 6.45) is 3.40. The highest BCUT2D eigenvalue weighted by Gasteiger charge is 2.35. The van der Waals surface area contributed by atoms with Gasteiger partial charge in [-0.3, -0.25) is 4.79 Å². The van der Waals surface area contributed by atoms with Crippen LogP contribution in [0.4, 0.5) is 11.4 Å². The van der Waals surface area contributed by atoms with Gasteiger partial charge in [0.2, 0.25) is 0 Å². The molecule has 2 N–H and O–H groups in total. The maximum absolute atomic E-state index is 12.8. The highest BCUT2D eigenvalue weighted by molar-refractivity contribution is 6.31. The number of anilines is 2. The molecule has 7 nitrogen and oxygen atoms in total. The number of β-amino-alcohol motifs (C(OH)–C–C–N with tert-alkyl or cyclic N) is 1. The van der Waals surface area contributed by atoms with E-state index in [9.17, 15) is 14.7 Å². The van der Waals surface area contributed by atoms with Crippen molar-refractivity contribution >= 4 is 34.9 Å². The number of amides is 1. The van der Waals surface area contributed by atoms with Crippen LogP contribution in [0.25, 0.3) is 0 Å². The maximum atomic E-state index is 12.8. The van der Waals surface area contributed by atoms with Crippen LogP contribution in [0.1, 0.15) is 26.2 Å². The van der Waals surface area contributed by atoms with E-state index in [1.54, 1.807) is 6.07 Å². The Balaban J connectivity index is 1.97. The summed E-state index contributed by atoms with van der Waals surface area (Å²) >= 11 is 6.22. The average molecular weight is 408 g/mol. The highest BCUT2D eigenvalue weighted by atomic mass is 35.5. The summed E-state index contributed by atoms with van der Waals surface area (Å²) in [5.74, 6) is -0.904. The van der Waals surface area contributed by atoms with E-state index in [0.717, 1.165) is 25.1 Å². The largest absolute Gasteiger partial charge is 0.466 e. The van der Waals surface area contributed by atoms with Crippen molar-refractivity contribution in [2.24, 2.45) is 0 Å². The molecule has 0 spiro atoms. The summed E-state index contributed by atoms with van der Waals surface area (Å²) in [6, 6.07) is 5.90. The van der Waals surface area contributed by atoms with Crippen LogP contribution in [0.2, 0.25) is 5.02 Å². The summed E-state index contributed by atoms with van der Waals surface area (Å²) in [5.41, 5.74) is 2.05. The molecule has 1 saturated heterocycles. The lowest BCUT2D eigenvalue weighted by atomic mass is 10.0. The number of rotatable bonds is 6. The minimum Gasteiger partial charge on any atom is -0.466 e. The Morgan fingerprint density at radius 2 is 2.18 bits per heavy atom. The Labute approximate surface area is 169 Å². The van der Waals surface area contributed by atoms with E-state index in [2.05, 4.69) is 17.1 Å². The van der Waals surface area contributed by atoms with Crippen molar-refractivity contribution in [1.82, 2.24) is 4.90 Å². The number of nitrogens with zero attached hydrogens (tertiary/aromatic N) is 2. The first kappa shape index (κ1) is 20.5. The van der Waals surface area contributed by atoms with E-state index in [4.69, 9.17) is 16.3 Å². The Morgan fingerprint density at radius 1 is 1.39 bits per heavy atom. The van der Waals surface area contributed by atoms with Crippen LogP contribution in [0.5, 0.6) is 0 Å². The van der Waals surface area contributed by atoms with Gasteiger partial charge in [0.15, 0.2) is 0 Å². The van der Waals surface area contributed by atoms with Gasteiger partial charge >= 0.3 is 5.97 Å². The van der Waals surface area contributed by atoms with Gasteiger partial charge in [-0.15, -0.1) is 0 Å². The van der Waals surface area contributed by atoms with Crippen molar-refractivity contribution in [3.8, 4) is 0 Å². The lowest BCUT2D eigenvalue weighted by Crippen LogP contribution is -2.38. The summed E-state index contributed by atoms with van der Waals surface area (Å²) in [6.45, 7) is 3.17. The lowest BCUT2D eigenvalue weighted by Gasteiger charge is -2.36. The molecule has 3 rings (SSSR count). The molecule has 0 bridgehead atoms. The van der Waals surface area contributed by atoms with Crippen molar-refractivity contribution in [3.63, 3.8) is 0 Å². The maximum Gasteiger partial charge on any atom is 0.337 e. The zero-order chi connectivity index (χ0) is 20.3. The summed E-state index contributed by atoms with van der Waals surface area (Å²) in [4.78, 5) is 28.7. The van der Waals surface area contributed by atoms with Gasteiger partial charge in [-0.2, -0.15) is 0 Å². The molecular weight excluding hydrogens is 382 g/mol. The third kappa shape index (κ3) is 4.10. The molecule has 1 atom stereocenters. The van der Waals surface area contributed by atoms with Crippen molar-refractivity contribution in [3.05, 3.63) is 34.5 Å². The number of benzene rings is 1. The first-order valence-corrected chi connectivity index (χ1v) is 9.89. The number of nitrogens with one attached hydrogen (secondary N) is 1. The third-order valence-electron chi connectivity index (χ3n) is 5.28. The Bertz CT molecular complexity index is 796. The third-order valence-corrected chi connectivity index (χ3v) is 5.52. The van der Waals surface area contributed by atoms with E-state index in [0.29, 0.717) is 16.8 Å². The SMILES string of the molecule is COC(=O)C1=C(Nc2cc(Cl)ccc2N2CCCCC2C)C(=O)N(CCO)C1. The molecule has 0 aliphatic carbocycles. The monoisotopic (exact) mass is 407 g/mol. The Morgan fingerprint density at radius 3 is 2.86 bits per heavy atom. The second-order valence-electron chi connectivity index (χ2n) is 7.12. The molecule has 1 amide bonds. The molecule has 0 radical (unpaired) electrons.